The minimum atomic E-state index is -0.205. The number of hydrogen-bond donors (Lipinski definition) is 2. The molecule has 0 aliphatic carbocycles. The third-order valence-corrected chi connectivity index (χ3v) is 2.31. The number of nitriles is 2. The fourth-order valence-corrected chi connectivity index (χ4v) is 1.32. The number of nitrogens with zero attached hydrogens (tertiary/aromatic N) is 2. The molecule has 1 N–H and O–H groups in total. The molecule has 0 aromatic rings. The van der Waals surface area contributed by atoms with Crippen molar-refractivity contribution < 1.29 is 4.79 Å². The van der Waals surface area contributed by atoms with Crippen LogP contribution in [0.3, 0.4) is 0 Å². The van der Waals surface area contributed by atoms with Crippen LogP contribution in [0.2, 0.25) is 0 Å². The molecule has 4 nitrogen and oxygen atoms in total. The molecule has 0 saturated carbocycles. The van der Waals surface area contributed by atoms with Crippen LogP contribution in [-0.4, -0.2) is 5.91 Å². The van der Waals surface area contributed by atoms with Gasteiger partial charge in [0.25, 0.3) is 0 Å². The average molecular weight is 237 g/mol. The molecule has 0 aliphatic rings. The van der Waals surface area contributed by atoms with Gasteiger partial charge in [-0.3, -0.25) is 4.79 Å². The highest BCUT2D eigenvalue weighted by atomic mass is 32.1. The van der Waals surface area contributed by atoms with Gasteiger partial charge in [-0.1, -0.05) is 26.2 Å². The lowest BCUT2D eigenvalue weighted by molar-refractivity contribution is -0.120. The van der Waals surface area contributed by atoms with E-state index in [1.807, 2.05) is 0 Å². The second-order valence-electron chi connectivity index (χ2n) is 3.31. The van der Waals surface area contributed by atoms with E-state index in [0.29, 0.717) is 6.42 Å². The Morgan fingerprint density at radius 3 is 2.38 bits per heavy atom. The number of thiol groups is 1. The van der Waals surface area contributed by atoms with Gasteiger partial charge < -0.3 is 5.32 Å². The van der Waals surface area contributed by atoms with Gasteiger partial charge in [0.05, 0.1) is 0 Å². The fourth-order valence-electron chi connectivity index (χ4n) is 1.10. The van der Waals surface area contributed by atoms with Crippen LogP contribution in [-0.2, 0) is 4.79 Å². The minimum Gasteiger partial charge on any atom is -0.319 e. The van der Waals surface area contributed by atoms with E-state index in [9.17, 15) is 4.79 Å². The number of allylic oxidation sites excluding steroid dienone is 1. The van der Waals surface area contributed by atoms with Crippen LogP contribution < -0.4 is 5.32 Å². The summed E-state index contributed by atoms with van der Waals surface area (Å²) in [5.74, 6) is -0.205. The van der Waals surface area contributed by atoms with Crippen LogP contribution in [0.1, 0.15) is 39.0 Å². The maximum absolute atomic E-state index is 11.3. The van der Waals surface area contributed by atoms with Gasteiger partial charge in [0.1, 0.15) is 17.2 Å². The Bertz CT molecular complexity index is 333. The second kappa shape index (κ2) is 8.82. The maximum atomic E-state index is 11.3. The molecule has 0 radical (unpaired) electrons. The van der Waals surface area contributed by atoms with Gasteiger partial charge in [-0.05, 0) is 6.42 Å². The standard InChI is InChI=1S/C11H15N3OS/c1-2-3-4-5-6-10(15)14-11(16)9(7-12)8-13/h16H,2-6H2,1H3,(H,14,15). The first-order valence-corrected chi connectivity index (χ1v) is 5.63. The third kappa shape index (κ3) is 6.10. The highest BCUT2D eigenvalue weighted by Crippen LogP contribution is 2.06. The van der Waals surface area contributed by atoms with Gasteiger partial charge in [0.15, 0.2) is 5.57 Å². The average Bonchev–Trinajstić information content (AvgIpc) is 2.26. The summed E-state index contributed by atoms with van der Waals surface area (Å²) in [4.78, 5) is 11.3. The lowest BCUT2D eigenvalue weighted by atomic mass is 10.1. The normalized spacial score (nSPS) is 8.75. The van der Waals surface area contributed by atoms with Crippen LogP contribution in [0.4, 0.5) is 0 Å². The Morgan fingerprint density at radius 1 is 1.25 bits per heavy atom. The first-order chi connectivity index (χ1) is 7.65. The molecular formula is C11H15N3OS. The summed E-state index contributed by atoms with van der Waals surface area (Å²) in [6.45, 7) is 2.10. The molecule has 0 aromatic carbocycles. The van der Waals surface area contributed by atoms with E-state index in [1.54, 1.807) is 12.1 Å². The highest BCUT2D eigenvalue weighted by molar-refractivity contribution is 7.84. The van der Waals surface area contributed by atoms with Crippen LogP contribution in [0.25, 0.3) is 0 Å². The van der Waals surface area contributed by atoms with Crippen molar-refractivity contribution in [2.45, 2.75) is 39.0 Å². The zero-order valence-corrected chi connectivity index (χ0v) is 10.2. The Kier molecular flexibility index (Phi) is 8.01. The summed E-state index contributed by atoms with van der Waals surface area (Å²) in [6, 6.07) is 3.32. The van der Waals surface area contributed by atoms with Crippen LogP contribution in [0.15, 0.2) is 10.6 Å². The van der Waals surface area contributed by atoms with Gasteiger partial charge in [0.2, 0.25) is 5.91 Å². The van der Waals surface area contributed by atoms with E-state index >= 15 is 0 Å². The molecule has 0 spiro atoms. The van der Waals surface area contributed by atoms with E-state index in [4.69, 9.17) is 10.5 Å². The zero-order valence-electron chi connectivity index (χ0n) is 9.29. The Balaban J connectivity index is 4.03. The Hall–Kier alpha value is -1.46. The van der Waals surface area contributed by atoms with Crippen molar-refractivity contribution >= 4 is 18.5 Å². The summed E-state index contributed by atoms with van der Waals surface area (Å²) in [7, 11) is 0. The summed E-state index contributed by atoms with van der Waals surface area (Å²) in [5, 5.41) is 19.5. The quantitative estimate of drug-likeness (QED) is 0.422. The summed E-state index contributed by atoms with van der Waals surface area (Å²) < 4.78 is 0. The van der Waals surface area contributed by atoms with Gasteiger partial charge in [-0.25, -0.2) is 0 Å². The molecule has 16 heavy (non-hydrogen) atoms. The first kappa shape index (κ1) is 14.5. The van der Waals surface area contributed by atoms with Crippen molar-refractivity contribution in [3.63, 3.8) is 0 Å². The topological polar surface area (TPSA) is 76.7 Å². The lowest BCUT2D eigenvalue weighted by Crippen LogP contribution is -2.20. The second-order valence-corrected chi connectivity index (χ2v) is 3.75. The predicted octanol–water partition coefficient (Wildman–Crippen LogP) is 2.26. The summed E-state index contributed by atoms with van der Waals surface area (Å²) >= 11 is 3.89. The molecule has 0 heterocycles. The predicted molar refractivity (Wildman–Crippen MR) is 64.1 cm³/mol. The van der Waals surface area contributed by atoms with Gasteiger partial charge >= 0.3 is 0 Å². The monoisotopic (exact) mass is 237 g/mol. The summed E-state index contributed by atoms with van der Waals surface area (Å²) in [6.07, 6.45) is 4.45. The molecule has 0 aromatic heterocycles. The molecule has 5 heteroatoms. The molecule has 0 unspecified atom stereocenters. The van der Waals surface area contributed by atoms with Crippen molar-refractivity contribution in [3.05, 3.63) is 10.6 Å². The van der Waals surface area contributed by atoms with Crippen LogP contribution >= 0.6 is 12.6 Å². The number of hydrogen-bond acceptors (Lipinski definition) is 4. The smallest absolute Gasteiger partial charge is 0.224 e. The molecule has 0 atom stereocenters. The molecule has 86 valence electrons. The van der Waals surface area contributed by atoms with E-state index < -0.39 is 0 Å². The first-order valence-electron chi connectivity index (χ1n) is 5.19. The SMILES string of the molecule is CCCCCCC(=O)NC(S)=C(C#N)C#N. The molecule has 0 fully saturated rings. The fraction of sp³-hybridized carbons (Fsp3) is 0.545. The number of unbranched alkanes of at least 4 members (excludes halogenated alkanes) is 3. The Labute approximate surface area is 101 Å². The number of amides is 1. The van der Waals surface area contributed by atoms with Crippen molar-refractivity contribution in [1.29, 1.82) is 10.5 Å². The number of rotatable bonds is 6. The Morgan fingerprint density at radius 2 is 1.88 bits per heavy atom. The van der Waals surface area contributed by atoms with Gasteiger partial charge in [-0.2, -0.15) is 10.5 Å². The summed E-state index contributed by atoms with van der Waals surface area (Å²) in [5.41, 5.74) is -0.176. The van der Waals surface area contributed by atoms with Crippen molar-refractivity contribution in [1.82, 2.24) is 5.32 Å². The van der Waals surface area contributed by atoms with Gasteiger partial charge in [-0.15, -0.1) is 12.6 Å². The lowest BCUT2D eigenvalue weighted by Gasteiger charge is -2.03. The number of nitrogens with one attached hydrogen (secondary N) is 1. The highest BCUT2D eigenvalue weighted by Gasteiger charge is 2.06. The number of carbonyl (C=O) groups excluding carboxylic acids is 1. The largest absolute Gasteiger partial charge is 0.319 e. The van der Waals surface area contributed by atoms with Crippen LogP contribution in [0, 0.1) is 22.7 Å². The third-order valence-electron chi connectivity index (χ3n) is 1.98. The van der Waals surface area contributed by atoms with Crippen molar-refractivity contribution in [2.24, 2.45) is 0 Å². The zero-order chi connectivity index (χ0) is 12.4. The van der Waals surface area contributed by atoms with Crippen molar-refractivity contribution in [2.75, 3.05) is 0 Å². The van der Waals surface area contributed by atoms with E-state index in [1.165, 1.54) is 0 Å². The molecule has 1 amide bonds. The van der Waals surface area contributed by atoms with E-state index in [2.05, 4.69) is 24.9 Å². The molecule has 0 saturated heterocycles. The molecule has 0 rings (SSSR count). The maximum Gasteiger partial charge on any atom is 0.224 e. The molecule has 0 bridgehead atoms. The minimum absolute atomic E-state index is 0.0329. The number of carbonyl (C=O) groups is 1. The van der Waals surface area contributed by atoms with Crippen molar-refractivity contribution in [3.8, 4) is 12.1 Å². The van der Waals surface area contributed by atoms with E-state index in [-0.39, 0.29) is 16.5 Å². The van der Waals surface area contributed by atoms with E-state index in [0.717, 1.165) is 25.7 Å². The molecule has 0 aliphatic heterocycles. The van der Waals surface area contributed by atoms with Gasteiger partial charge in [0, 0.05) is 6.42 Å². The van der Waals surface area contributed by atoms with Crippen LogP contribution in [0.5, 0.6) is 0 Å². The molecular weight excluding hydrogens is 222 g/mol.